The summed E-state index contributed by atoms with van der Waals surface area (Å²) in [5.41, 5.74) is 16.8. The molecule has 1 aliphatic rings. The van der Waals surface area contributed by atoms with Gasteiger partial charge >= 0.3 is 0 Å². The van der Waals surface area contributed by atoms with E-state index in [0.29, 0.717) is 40.4 Å². The molecule has 6 N–H and O–H groups in total. The summed E-state index contributed by atoms with van der Waals surface area (Å²) in [5.74, 6) is 0.254. The summed E-state index contributed by atoms with van der Waals surface area (Å²) < 4.78 is 7.28. The number of nitrogens with one attached hydrogen (secondary N) is 2. The molecule has 1 saturated heterocycles. The average molecular weight is 450 g/mol. The maximum absolute atomic E-state index is 13.2. The van der Waals surface area contributed by atoms with Gasteiger partial charge in [-0.3, -0.25) is 4.79 Å². The van der Waals surface area contributed by atoms with Crippen LogP contribution in [0.1, 0.15) is 35.5 Å². The molecule has 1 fully saturated rings. The number of nitrogens with two attached hydrogens (primary N) is 2. The number of aryl methyl sites for hydroxylation is 1. The molecule has 33 heavy (non-hydrogen) atoms. The summed E-state index contributed by atoms with van der Waals surface area (Å²) >= 11 is 0. The highest BCUT2D eigenvalue weighted by atomic mass is 16.5. The molecule has 4 rings (SSSR count). The minimum absolute atomic E-state index is 0.314. The lowest BCUT2D eigenvalue weighted by molar-refractivity contribution is 0.102. The van der Waals surface area contributed by atoms with Gasteiger partial charge in [-0.2, -0.15) is 0 Å². The van der Waals surface area contributed by atoms with Gasteiger partial charge in [0.1, 0.15) is 0 Å². The van der Waals surface area contributed by atoms with Crippen LogP contribution in [0.2, 0.25) is 0 Å². The van der Waals surface area contributed by atoms with E-state index < -0.39 is 0 Å². The maximum atomic E-state index is 13.2. The van der Waals surface area contributed by atoms with Crippen LogP contribution in [0.5, 0.6) is 5.75 Å². The average Bonchev–Trinajstić information content (AvgIpc) is 3.13. The number of hydrogen-bond acceptors (Lipinski definition) is 7. The van der Waals surface area contributed by atoms with Crippen molar-refractivity contribution >= 4 is 34.7 Å². The van der Waals surface area contributed by atoms with Crippen LogP contribution in [0.15, 0.2) is 36.8 Å². The first kappa shape index (κ1) is 22.5. The number of carbonyl (C=O) groups excluding carboxylic acids is 1. The Labute approximate surface area is 193 Å². The molecule has 9 nitrogen and oxygen atoms in total. The molecule has 3 aromatic rings. The fourth-order valence-electron chi connectivity index (χ4n) is 4.50. The standard InChI is InChI=1S/C24H31N7O2/c1-14-10-30(11-15(2)27-14)20-6-5-19(22(26)18(20)7-8-25)24(32)29-17-9-21(33-4)23-28-16(3)12-31(23)13-17/h5-9,12-15,27H,10-11,25-26H2,1-4H3,(H,29,32)/b8-7-. The van der Waals surface area contributed by atoms with Crippen LogP contribution in [-0.4, -0.2) is 47.6 Å². The number of anilines is 3. The van der Waals surface area contributed by atoms with Gasteiger partial charge in [-0.25, -0.2) is 4.98 Å². The number of fused-ring (bicyclic) bond motifs is 1. The minimum Gasteiger partial charge on any atom is -0.493 e. The topological polar surface area (TPSA) is 123 Å². The number of methoxy groups -OCH3 is 1. The third kappa shape index (κ3) is 4.45. The number of carbonyl (C=O) groups is 1. The van der Waals surface area contributed by atoms with Gasteiger partial charge in [0, 0.05) is 54.9 Å². The van der Waals surface area contributed by atoms with Crippen molar-refractivity contribution < 1.29 is 9.53 Å². The highest BCUT2D eigenvalue weighted by Gasteiger charge is 2.25. The molecule has 0 radical (unpaired) electrons. The molecule has 1 aliphatic heterocycles. The van der Waals surface area contributed by atoms with E-state index in [4.69, 9.17) is 16.2 Å². The Kier molecular flexibility index (Phi) is 6.15. The number of aromatic nitrogens is 2. The van der Waals surface area contributed by atoms with Crippen molar-refractivity contribution in [3.63, 3.8) is 0 Å². The van der Waals surface area contributed by atoms with E-state index in [1.54, 1.807) is 31.5 Å². The minimum atomic E-state index is -0.314. The molecule has 1 amide bonds. The van der Waals surface area contributed by atoms with Crippen molar-refractivity contribution in [3.8, 4) is 5.75 Å². The molecule has 0 bridgehead atoms. The SMILES string of the molecule is COc1cc(NC(=O)c2ccc(N3CC(C)NC(C)C3)c(/C=C\N)c2N)cn2cc(C)nc12. The molecule has 0 saturated carbocycles. The number of benzene rings is 1. The lowest BCUT2D eigenvalue weighted by Crippen LogP contribution is -2.54. The van der Waals surface area contributed by atoms with E-state index in [9.17, 15) is 4.79 Å². The summed E-state index contributed by atoms with van der Waals surface area (Å²) in [5, 5.41) is 6.46. The van der Waals surface area contributed by atoms with Crippen LogP contribution in [0.4, 0.5) is 17.1 Å². The predicted molar refractivity (Wildman–Crippen MR) is 133 cm³/mol. The number of pyridine rings is 1. The van der Waals surface area contributed by atoms with Gasteiger partial charge in [0.25, 0.3) is 5.91 Å². The van der Waals surface area contributed by atoms with Crippen LogP contribution in [0.3, 0.4) is 0 Å². The smallest absolute Gasteiger partial charge is 0.257 e. The first-order chi connectivity index (χ1) is 15.8. The summed E-state index contributed by atoms with van der Waals surface area (Å²) in [6, 6.07) is 6.12. The van der Waals surface area contributed by atoms with Crippen LogP contribution < -0.4 is 31.7 Å². The number of rotatable bonds is 5. The summed E-state index contributed by atoms with van der Waals surface area (Å²) in [4.78, 5) is 19.9. The van der Waals surface area contributed by atoms with Crippen LogP contribution in [0, 0.1) is 6.92 Å². The molecule has 2 atom stereocenters. The van der Waals surface area contributed by atoms with E-state index in [-0.39, 0.29) is 5.91 Å². The van der Waals surface area contributed by atoms with Crippen molar-refractivity contribution in [1.29, 1.82) is 0 Å². The van der Waals surface area contributed by atoms with E-state index in [1.165, 1.54) is 6.20 Å². The first-order valence-corrected chi connectivity index (χ1v) is 11.0. The lowest BCUT2D eigenvalue weighted by atomic mass is 10.0. The Morgan fingerprint density at radius 2 is 2.00 bits per heavy atom. The van der Waals surface area contributed by atoms with Crippen molar-refractivity contribution in [1.82, 2.24) is 14.7 Å². The monoisotopic (exact) mass is 449 g/mol. The molecule has 0 spiro atoms. The van der Waals surface area contributed by atoms with E-state index in [2.05, 4.69) is 34.4 Å². The zero-order valence-corrected chi connectivity index (χ0v) is 19.4. The second-order valence-corrected chi connectivity index (χ2v) is 8.56. The van der Waals surface area contributed by atoms with Crippen LogP contribution in [-0.2, 0) is 0 Å². The second kappa shape index (κ2) is 9.03. The van der Waals surface area contributed by atoms with Crippen molar-refractivity contribution in [3.05, 3.63) is 53.6 Å². The largest absolute Gasteiger partial charge is 0.493 e. The van der Waals surface area contributed by atoms with E-state index in [1.807, 2.05) is 23.6 Å². The van der Waals surface area contributed by atoms with Gasteiger partial charge < -0.3 is 36.1 Å². The third-order valence-corrected chi connectivity index (χ3v) is 5.79. The van der Waals surface area contributed by atoms with Gasteiger partial charge in [0.15, 0.2) is 11.4 Å². The fourth-order valence-corrected chi connectivity index (χ4v) is 4.50. The van der Waals surface area contributed by atoms with Gasteiger partial charge in [-0.1, -0.05) is 0 Å². The molecular weight excluding hydrogens is 418 g/mol. The zero-order valence-electron chi connectivity index (χ0n) is 19.4. The van der Waals surface area contributed by atoms with E-state index in [0.717, 1.165) is 30.0 Å². The summed E-state index contributed by atoms with van der Waals surface area (Å²) in [6.45, 7) is 7.88. The molecule has 0 aliphatic carbocycles. The first-order valence-electron chi connectivity index (χ1n) is 11.0. The van der Waals surface area contributed by atoms with Crippen molar-refractivity contribution in [2.24, 2.45) is 5.73 Å². The number of nitrogen functional groups attached to an aromatic ring is 1. The Bertz CT molecular complexity index is 1210. The predicted octanol–water partition coefficient (Wildman–Crippen LogP) is 2.60. The molecular formula is C24H31N7O2. The number of imidazole rings is 1. The third-order valence-electron chi connectivity index (χ3n) is 5.79. The molecule has 1 aromatic carbocycles. The fraction of sp³-hybridized carbons (Fsp3) is 0.333. The Balaban J connectivity index is 1.67. The Morgan fingerprint density at radius 3 is 2.67 bits per heavy atom. The van der Waals surface area contributed by atoms with Gasteiger partial charge in [-0.05, 0) is 45.2 Å². The van der Waals surface area contributed by atoms with Gasteiger partial charge in [-0.15, -0.1) is 0 Å². The number of nitrogens with zero attached hydrogens (tertiary/aromatic N) is 3. The van der Waals surface area contributed by atoms with E-state index >= 15 is 0 Å². The number of ether oxygens (including phenoxy) is 1. The van der Waals surface area contributed by atoms with Crippen LogP contribution in [0.25, 0.3) is 11.7 Å². The van der Waals surface area contributed by atoms with Crippen molar-refractivity contribution in [2.45, 2.75) is 32.9 Å². The normalized spacial score (nSPS) is 18.7. The summed E-state index contributed by atoms with van der Waals surface area (Å²) in [7, 11) is 1.57. The molecule has 2 aromatic heterocycles. The van der Waals surface area contributed by atoms with Crippen LogP contribution >= 0.6 is 0 Å². The highest BCUT2D eigenvalue weighted by Crippen LogP contribution is 2.32. The molecule has 9 heteroatoms. The zero-order chi connectivity index (χ0) is 23.7. The van der Waals surface area contributed by atoms with Gasteiger partial charge in [0.2, 0.25) is 0 Å². The number of amides is 1. The lowest BCUT2D eigenvalue weighted by Gasteiger charge is -2.38. The quantitative estimate of drug-likeness (QED) is 0.442. The second-order valence-electron chi connectivity index (χ2n) is 8.56. The Hall–Kier alpha value is -3.72. The van der Waals surface area contributed by atoms with Crippen molar-refractivity contribution in [2.75, 3.05) is 36.1 Å². The molecule has 174 valence electrons. The van der Waals surface area contributed by atoms with Gasteiger partial charge in [0.05, 0.1) is 29.7 Å². The Morgan fingerprint density at radius 1 is 1.27 bits per heavy atom. The molecule has 3 heterocycles. The number of hydrogen-bond donors (Lipinski definition) is 4. The summed E-state index contributed by atoms with van der Waals surface area (Å²) in [6.07, 6.45) is 6.87. The highest BCUT2D eigenvalue weighted by molar-refractivity contribution is 6.09. The maximum Gasteiger partial charge on any atom is 0.257 e. The molecule has 2 unspecified atom stereocenters. The number of piperazine rings is 1.